The van der Waals surface area contributed by atoms with Crippen LogP contribution in [0.15, 0.2) is 23.0 Å². The predicted molar refractivity (Wildman–Crippen MR) is 65.3 cm³/mol. The Labute approximate surface area is 97.8 Å². The van der Waals surface area contributed by atoms with Gasteiger partial charge in [-0.2, -0.15) is 0 Å². The highest BCUT2D eigenvalue weighted by atomic mass is 16.3. The number of piperidine rings is 1. The van der Waals surface area contributed by atoms with Crippen molar-refractivity contribution in [2.45, 2.75) is 26.3 Å². The Morgan fingerprint density at radius 3 is 3.25 bits per heavy atom. The Hall–Kier alpha value is -0.800. The van der Waals surface area contributed by atoms with Gasteiger partial charge in [0.25, 0.3) is 0 Å². The molecule has 16 heavy (non-hydrogen) atoms. The van der Waals surface area contributed by atoms with Gasteiger partial charge in [-0.1, -0.05) is 6.92 Å². The van der Waals surface area contributed by atoms with Gasteiger partial charge in [0.2, 0.25) is 0 Å². The fourth-order valence-corrected chi connectivity index (χ4v) is 2.42. The molecule has 0 amide bonds. The highest BCUT2D eigenvalue weighted by molar-refractivity contribution is 5.04. The van der Waals surface area contributed by atoms with Crippen LogP contribution in [0.4, 0.5) is 0 Å². The fourth-order valence-electron chi connectivity index (χ4n) is 2.42. The maximum atomic E-state index is 5.04. The van der Waals surface area contributed by atoms with Crippen molar-refractivity contribution < 1.29 is 4.42 Å². The third-order valence-corrected chi connectivity index (χ3v) is 3.39. The lowest BCUT2D eigenvalue weighted by Gasteiger charge is -2.31. The average molecular weight is 222 g/mol. The molecule has 90 valence electrons. The van der Waals surface area contributed by atoms with Crippen molar-refractivity contribution in [3.63, 3.8) is 0 Å². The minimum Gasteiger partial charge on any atom is -0.472 e. The lowest BCUT2D eigenvalue weighted by atomic mass is 9.98. The molecule has 1 aliphatic rings. The standard InChI is InChI=1S/C13H22N2O/c1-2-15-6-3-4-12(10-15)8-14-9-13-5-7-16-11-13/h5,7,11-12,14H,2-4,6,8-10H2,1H3. The molecule has 0 bridgehead atoms. The first-order valence-corrected chi connectivity index (χ1v) is 6.32. The molecule has 0 saturated carbocycles. The maximum absolute atomic E-state index is 5.04. The second-order valence-corrected chi connectivity index (χ2v) is 4.66. The van der Waals surface area contributed by atoms with E-state index in [-0.39, 0.29) is 0 Å². The van der Waals surface area contributed by atoms with Crippen molar-refractivity contribution in [3.05, 3.63) is 24.2 Å². The molecule has 1 N–H and O–H groups in total. The molecular formula is C13H22N2O. The third-order valence-electron chi connectivity index (χ3n) is 3.39. The smallest absolute Gasteiger partial charge is 0.0947 e. The van der Waals surface area contributed by atoms with Crippen molar-refractivity contribution in [3.8, 4) is 0 Å². The molecule has 1 aliphatic heterocycles. The molecule has 1 saturated heterocycles. The quantitative estimate of drug-likeness (QED) is 0.827. The van der Waals surface area contributed by atoms with Gasteiger partial charge in [0.1, 0.15) is 0 Å². The van der Waals surface area contributed by atoms with Gasteiger partial charge in [-0.15, -0.1) is 0 Å². The summed E-state index contributed by atoms with van der Waals surface area (Å²) >= 11 is 0. The van der Waals surface area contributed by atoms with Crippen LogP contribution >= 0.6 is 0 Å². The van der Waals surface area contributed by atoms with Crippen molar-refractivity contribution in [2.24, 2.45) is 5.92 Å². The monoisotopic (exact) mass is 222 g/mol. The zero-order valence-corrected chi connectivity index (χ0v) is 10.1. The van der Waals surface area contributed by atoms with E-state index < -0.39 is 0 Å². The molecule has 1 aromatic heterocycles. The molecular weight excluding hydrogens is 200 g/mol. The number of hydrogen-bond donors (Lipinski definition) is 1. The van der Waals surface area contributed by atoms with E-state index in [1.54, 1.807) is 6.26 Å². The van der Waals surface area contributed by atoms with Crippen LogP contribution in [-0.4, -0.2) is 31.1 Å². The van der Waals surface area contributed by atoms with Crippen molar-refractivity contribution in [2.75, 3.05) is 26.2 Å². The van der Waals surface area contributed by atoms with E-state index in [2.05, 4.69) is 17.1 Å². The van der Waals surface area contributed by atoms with E-state index in [9.17, 15) is 0 Å². The summed E-state index contributed by atoms with van der Waals surface area (Å²) in [6.45, 7) is 8.05. The largest absolute Gasteiger partial charge is 0.472 e. The van der Waals surface area contributed by atoms with Gasteiger partial charge < -0.3 is 14.6 Å². The molecule has 1 atom stereocenters. The minimum atomic E-state index is 0.820. The van der Waals surface area contributed by atoms with Gasteiger partial charge >= 0.3 is 0 Å². The van der Waals surface area contributed by atoms with Gasteiger partial charge in [-0.3, -0.25) is 0 Å². The molecule has 3 heteroatoms. The normalized spacial score (nSPS) is 22.4. The summed E-state index contributed by atoms with van der Waals surface area (Å²) in [5.41, 5.74) is 1.24. The molecule has 1 aromatic rings. The van der Waals surface area contributed by atoms with Crippen molar-refractivity contribution in [1.82, 2.24) is 10.2 Å². The summed E-state index contributed by atoms with van der Waals surface area (Å²) in [6.07, 6.45) is 6.27. The van der Waals surface area contributed by atoms with E-state index in [1.807, 2.05) is 12.3 Å². The molecule has 0 spiro atoms. The van der Waals surface area contributed by atoms with Gasteiger partial charge in [0.15, 0.2) is 0 Å². The molecule has 1 unspecified atom stereocenters. The summed E-state index contributed by atoms with van der Waals surface area (Å²) in [6, 6.07) is 2.02. The first kappa shape index (κ1) is 11.7. The molecule has 2 heterocycles. The summed E-state index contributed by atoms with van der Waals surface area (Å²) in [5, 5.41) is 3.52. The van der Waals surface area contributed by atoms with Crippen LogP contribution in [0.5, 0.6) is 0 Å². The third kappa shape index (κ3) is 3.35. The predicted octanol–water partition coefficient (Wildman–Crippen LogP) is 2.10. The van der Waals surface area contributed by atoms with Crippen LogP contribution in [0.25, 0.3) is 0 Å². The number of nitrogens with zero attached hydrogens (tertiary/aromatic N) is 1. The number of furan rings is 1. The van der Waals surface area contributed by atoms with E-state index in [0.29, 0.717) is 0 Å². The van der Waals surface area contributed by atoms with Crippen molar-refractivity contribution >= 4 is 0 Å². The summed E-state index contributed by atoms with van der Waals surface area (Å²) < 4.78 is 5.04. The van der Waals surface area contributed by atoms with Crippen LogP contribution < -0.4 is 5.32 Å². The topological polar surface area (TPSA) is 28.4 Å². The minimum absolute atomic E-state index is 0.820. The lowest BCUT2D eigenvalue weighted by Crippen LogP contribution is -2.39. The molecule has 2 rings (SSSR count). The van der Waals surface area contributed by atoms with E-state index in [1.165, 1.54) is 38.0 Å². The van der Waals surface area contributed by atoms with E-state index in [4.69, 9.17) is 4.42 Å². The Balaban J connectivity index is 1.65. The van der Waals surface area contributed by atoms with E-state index in [0.717, 1.165) is 19.0 Å². The first-order valence-electron chi connectivity index (χ1n) is 6.32. The Kier molecular flexibility index (Phi) is 4.43. The van der Waals surface area contributed by atoms with Gasteiger partial charge in [-0.05, 0) is 44.5 Å². The maximum Gasteiger partial charge on any atom is 0.0947 e. The van der Waals surface area contributed by atoms with Crippen molar-refractivity contribution in [1.29, 1.82) is 0 Å². The summed E-state index contributed by atoms with van der Waals surface area (Å²) in [4.78, 5) is 2.55. The number of likely N-dealkylation sites (tertiary alicyclic amines) is 1. The molecule has 3 nitrogen and oxygen atoms in total. The molecule has 0 aromatic carbocycles. The lowest BCUT2D eigenvalue weighted by molar-refractivity contribution is 0.180. The average Bonchev–Trinajstić information content (AvgIpc) is 2.82. The van der Waals surface area contributed by atoms with Gasteiger partial charge in [-0.25, -0.2) is 0 Å². The molecule has 0 radical (unpaired) electrons. The summed E-state index contributed by atoms with van der Waals surface area (Å²) in [7, 11) is 0. The zero-order chi connectivity index (χ0) is 11.2. The number of rotatable bonds is 5. The highest BCUT2D eigenvalue weighted by Crippen LogP contribution is 2.15. The Morgan fingerprint density at radius 2 is 2.50 bits per heavy atom. The van der Waals surface area contributed by atoms with Gasteiger partial charge in [0, 0.05) is 18.7 Å². The SMILES string of the molecule is CCN1CCCC(CNCc2ccoc2)C1. The second-order valence-electron chi connectivity index (χ2n) is 4.66. The van der Waals surface area contributed by atoms with Crippen LogP contribution in [0.2, 0.25) is 0 Å². The first-order chi connectivity index (χ1) is 7.88. The van der Waals surface area contributed by atoms with Crippen LogP contribution in [0.3, 0.4) is 0 Å². The van der Waals surface area contributed by atoms with Gasteiger partial charge in [0.05, 0.1) is 12.5 Å². The Morgan fingerprint density at radius 1 is 1.56 bits per heavy atom. The molecule has 1 fully saturated rings. The molecule has 0 aliphatic carbocycles. The number of hydrogen-bond acceptors (Lipinski definition) is 3. The second kappa shape index (κ2) is 6.06. The Bertz CT molecular complexity index is 284. The highest BCUT2D eigenvalue weighted by Gasteiger charge is 2.17. The van der Waals surface area contributed by atoms with Crippen LogP contribution in [-0.2, 0) is 6.54 Å². The van der Waals surface area contributed by atoms with E-state index >= 15 is 0 Å². The fraction of sp³-hybridized carbons (Fsp3) is 0.692. The zero-order valence-electron chi connectivity index (χ0n) is 10.1. The number of nitrogens with one attached hydrogen (secondary N) is 1. The van der Waals surface area contributed by atoms with Crippen LogP contribution in [0, 0.1) is 5.92 Å². The van der Waals surface area contributed by atoms with Crippen LogP contribution in [0.1, 0.15) is 25.3 Å². The summed E-state index contributed by atoms with van der Waals surface area (Å²) in [5.74, 6) is 0.820.